The maximum atomic E-state index is 12.3. The molecule has 0 radical (unpaired) electrons. The molecule has 240 valence electrons. The summed E-state index contributed by atoms with van der Waals surface area (Å²) in [4.78, 5) is -1.01. The van der Waals surface area contributed by atoms with Crippen LogP contribution in [0.3, 0.4) is 0 Å². The van der Waals surface area contributed by atoms with Crippen molar-refractivity contribution in [3.63, 3.8) is 0 Å². The molecule has 0 heterocycles. The standard InChI is InChI=1S/C34H26N6O6S2/c35-29-17-13-21-5-1-3-7-27(21)33(29)39-37-25-15-11-23(31(19-25)47(41,42)43)9-10-24-12-16-26(20-32(24)48(44,45)46)38-40-34-28-8-4-2-6-22(28)14-18-30(34)36/h1-20H,35-36H2,(H,41,42,43)(H,44,45,46)/b10-9-,39-37?,40-38?. The number of azo groups is 2. The van der Waals surface area contributed by atoms with Crippen LogP contribution in [0.25, 0.3) is 33.7 Å². The van der Waals surface area contributed by atoms with Crippen LogP contribution < -0.4 is 11.5 Å². The van der Waals surface area contributed by atoms with Gasteiger partial charge in [0.15, 0.2) is 0 Å². The Morgan fingerprint density at radius 2 is 0.896 bits per heavy atom. The van der Waals surface area contributed by atoms with E-state index in [2.05, 4.69) is 20.5 Å². The normalized spacial score (nSPS) is 12.6. The predicted octanol–water partition coefficient (Wildman–Crippen LogP) is 8.65. The molecule has 0 amide bonds. The number of benzene rings is 6. The van der Waals surface area contributed by atoms with Crippen molar-refractivity contribution in [1.82, 2.24) is 0 Å². The highest BCUT2D eigenvalue weighted by Gasteiger charge is 2.18. The van der Waals surface area contributed by atoms with Crippen molar-refractivity contribution < 1.29 is 25.9 Å². The van der Waals surface area contributed by atoms with Crippen LogP contribution in [0, 0.1) is 0 Å². The lowest BCUT2D eigenvalue weighted by Crippen LogP contribution is -2.01. The first-order valence-electron chi connectivity index (χ1n) is 14.2. The second-order valence-corrected chi connectivity index (χ2v) is 13.4. The van der Waals surface area contributed by atoms with Crippen LogP contribution in [0.1, 0.15) is 11.1 Å². The number of hydrogen-bond acceptors (Lipinski definition) is 10. The summed E-state index contributed by atoms with van der Waals surface area (Å²) in [7, 11) is -9.53. The lowest BCUT2D eigenvalue weighted by atomic mass is 10.1. The Hall–Kier alpha value is -5.80. The zero-order valence-corrected chi connectivity index (χ0v) is 26.5. The van der Waals surface area contributed by atoms with Crippen molar-refractivity contribution >= 4 is 88.1 Å². The lowest BCUT2D eigenvalue weighted by molar-refractivity contribution is 0.480. The van der Waals surface area contributed by atoms with E-state index in [1.165, 1.54) is 36.4 Å². The van der Waals surface area contributed by atoms with Crippen LogP contribution >= 0.6 is 0 Å². The van der Waals surface area contributed by atoms with Crippen LogP contribution in [-0.2, 0) is 20.2 Å². The van der Waals surface area contributed by atoms with Crippen molar-refractivity contribution in [1.29, 1.82) is 0 Å². The van der Waals surface area contributed by atoms with Crippen LogP contribution in [0.4, 0.5) is 34.1 Å². The highest BCUT2D eigenvalue weighted by atomic mass is 32.2. The summed E-state index contributed by atoms with van der Waals surface area (Å²) in [5, 5.41) is 20.0. The highest BCUT2D eigenvalue weighted by molar-refractivity contribution is 7.86. The predicted molar refractivity (Wildman–Crippen MR) is 187 cm³/mol. The molecule has 0 aromatic heterocycles. The van der Waals surface area contributed by atoms with Gasteiger partial charge in [-0.25, -0.2) is 0 Å². The van der Waals surface area contributed by atoms with Gasteiger partial charge in [0.25, 0.3) is 20.2 Å². The van der Waals surface area contributed by atoms with Gasteiger partial charge < -0.3 is 11.5 Å². The minimum absolute atomic E-state index is 0.0117. The van der Waals surface area contributed by atoms with Gasteiger partial charge in [-0.05, 0) is 58.3 Å². The van der Waals surface area contributed by atoms with Crippen LogP contribution in [-0.4, -0.2) is 25.9 Å². The Kier molecular flexibility index (Phi) is 8.56. The number of fused-ring (bicyclic) bond motifs is 2. The molecule has 0 bridgehead atoms. The minimum Gasteiger partial charge on any atom is -0.397 e. The molecular weight excluding hydrogens is 653 g/mol. The Labute approximate surface area is 275 Å². The fourth-order valence-corrected chi connectivity index (χ4v) is 6.46. The number of nitrogen functional groups attached to an aromatic ring is 2. The number of anilines is 2. The summed E-state index contributed by atoms with van der Waals surface area (Å²) in [6, 6.07) is 29.8. The van der Waals surface area contributed by atoms with Crippen LogP contribution in [0.2, 0.25) is 0 Å². The molecule has 0 aliphatic heterocycles. The van der Waals surface area contributed by atoms with Gasteiger partial charge in [0.1, 0.15) is 21.2 Å². The molecule has 12 nitrogen and oxygen atoms in total. The first-order chi connectivity index (χ1) is 22.9. The van der Waals surface area contributed by atoms with Gasteiger partial charge in [-0.3, -0.25) is 9.11 Å². The van der Waals surface area contributed by atoms with Gasteiger partial charge in [0.05, 0.1) is 22.7 Å². The molecule has 0 atom stereocenters. The van der Waals surface area contributed by atoms with E-state index in [1.54, 1.807) is 12.1 Å². The Balaban J connectivity index is 1.33. The average Bonchev–Trinajstić information content (AvgIpc) is 3.06. The van der Waals surface area contributed by atoms with E-state index in [9.17, 15) is 25.9 Å². The average molecular weight is 679 g/mol. The summed E-state index contributed by atoms with van der Waals surface area (Å²) in [5.41, 5.74) is 14.0. The third kappa shape index (κ3) is 6.82. The van der Waals surface area contributed by atoms with E-state index >= 15 is 0 Å². The Morgan fingerprint density at radius 3 is 1.29 bits per heavy atom. The zero-order chi connectivity index (χ0) is 34.1. The summed E-state index contributed by atoms with van der Waals surface area (Å²) >= 11 is 0. The summed E-state index contributed by atoms with van der Waals surface area (Å²) in [5.74, 6) is 0. The molecular formula is C34H26N6O6S2. The molecule has 0 spiro atoms. The molecule has 6 N–H and O–H groups in total. The highest BCUT2D eigenvalue weighted by Crippen LogP contribution is 2.36. The fraction of sp³-hybridized carbons (Fsp3) is 0. The molecule has 48 heavy (non-hydrogen) atoms. The molecule has 0 fully saturated rings. The zero-order valence-electron chi connectivity index (χ0n) is 24.8. The third-order valence-corrected chi connectivity index (χ3v) is 9.21. The number of nitrogens with two attached hydrogens (primary N) is 2. The molecule has 0 unspecified atom stereocenters. The van der Waals surface area contributed by atoms with Crippen molar-refractivity contribution in [2.75, 3.05) is 11.5 Å². The van der Waals surface area contributed by atoms with E-state index in [1.807, 2.05) is 60.7 Å². The first kappa shape index (κ1) is 32.2. The van der Waals surface area contributed by atoms with Gasteiger partial charge in [-0.15, -0.1) is 10.2 Å². The fourth-order valence-electron chi connectivity index (χ4n) is 5.05. The van der Waals surface area contributed by atoms with Gasteiger partial charge in [-0.1, -0.05) is 84.9 Å². The van der Waals surface area contributed by atoms with E-state index in [0.29, 0.717) is 22.7 Å². The molecule has 14 heteroatoms. The van der Waals surface area contributed by atoms with E-state index in [4.69, 9.17) is 11.5 Å². The first-order valence-corrected chi connectivity index (χ1v) is 17.1. The molecule has 0 aliphatic rings. The Bertz CT molecular complexity index is 2370. The number of rotatable bonds is 8. The van der Waals surface area contributed by atoms with E-state index < -0.39 is 30.0 Å². The van der Waals surface area contributed by atoms with Crippen molar-refractivity contribution in [2.45, 2.75) is 9.79 Å². The number of hydrogen-bond donors (Lipinski definition) is 4. The smallest absolute Gasteiger partial charge is 0.295 e. The van der Waals surface area contributed by atoms with Gasteiger partial charge in [-0.2, -0.15) is 27.1 Å². The quantitative estimate of drug-likeness (QED) is 0.0528. The summed E-state index contributed by atoms with van der Waals surface area (Å²) in [6.45, 7) is 0. The van der Waals surface area contributed by atoms with Gasteiger partial charge in [0.2, 0.25) is 0 Å². The molecule has 6 aromatic rings. The number of nitrogens with zero attached hydrogens (tertiary/aromatic N) is 4. The molecule has 6 rings (SSSR count). The van der Waals surface area contributed by atoms with Crippen LogP contribution in [0.15, 0.2) is 139 Å². The van der Waals surface area contributed by atoms with E-state index in [-0.39, 0.29) is 22.5 Å². The molecule has 0 saturated carbocycles. The largest absolute Gasteiger partial charge is 0.397 e. The van der Waals surface area contributed by atoms with Crippen molar-refractivity contribution in [3.8, 4) is 0 Å². The van der Waals surface area contributed by atoms with Crippen molar-refractivity contribution in [3.05, 3.63) is 120 Å². The van der Waals surface area contributed by atoms with Crippen molar-refractivity contribution in [2.24, 2.45) is 20.5 Å². The SMILES string of the molecule is Nc1ccc2ccccc2c1N=Nc1ccc(/C=C\c2ccc(N=Nc3c(N)ccc4ccccc34)cc2S(=O)(=O)O)c(S(=O)(=O)O)c1. The minimum atomic E-state index is -4.77. The molecule has 0 aliphatic carbocycles. The summed E-state index contributed by atoms with van der Waals surface area (Å²) in [6.07, 6.45) is 2.55. The third-order valence-electron chi connectivity index (χ3n) is 7.39. The second-order valence-electron chi connectivity index (χ2n) is 10.6. The maximum Gasteiger partial charge on any atom is 0.295 e. The Morgan fingerprint density at radius 1 is 0.500 bits per heavy atom. The van der Waals surface area contributed by atoms with Crippen LogP contribution in [0.5, 0.6) is 0 Å². The molecule has 6 aromatic carbocycles. The van der Waals surface area contributed by atoms with Gasteiger partial charge >= 0.3 is 0 Å². The lowest BCUT2D eigenvalue weighted by Gasteiger charge is -2.07. The van der Waals surface area contributed by atoms with Gasteiger partial charge in [0, 0.05) is 10.8 Å². The maximum absolute atomic E-state index is 12.3. The summed E-state index contributed by atoms with van der Waals surface area (Å²) < 4.78 is 69.4. The second kappa shape index (κ2) is 12.8. The monoisotopic (exact) mass is 678 g/mol. The topological polar surface area (TPSA) is 210 Å². The molecule has 0 saturated heterocycles. The van der Waals surface area contributed by atoms with E-state index in [0.717, 1.165) is 33.7 Å².